The van der Waals surface area contributed by atoms with Crippen molar-refractivity contribution in [3.8, 4) is 0 Å². The normalized spacial score (nSPS) is 13.3. The van der Waals surface area contributed by atoms with Crippen LogP contribution in [-0.4, -0.2) is 24.7 Å². The first-order valence-corrected chi connectivity index (χ1v) is 8.24. The fourth-order valence-electron chi connectivity index (χ4n) is 1.94. The number of anilines is 1. The number of hydrogen-bond acceptors (Lipinski definition) is 4. The standard InChI is InChI=1S/C14H20N4O2S/c1-10(2)18-21(19,20)14-6-4-13(5-7-14)17-11(3)12-8-15-16-9-12/h4-11,17-18H,1-3H3,(H,15,16). The van der Waals surface area contributed by atoms with Crippen LogP contribution in [0.3, 0.4) is 0 Å². The van der Waals surface area contributed by atoms with E-state index in [0.29, 0.717) is 0 Å². The number of sulfonamides is 1. The van der Waals surface area contributed by atoms with E-state index in [1.807, 2.05) is 13.1 Å². The van der Waals surface area contributed by atoms with Crippen molar-refractivity contribution in [2.24, 2.45) is 0 Å². The van der Waals surface area contributed by atoms with Gasteiger partial charge in [0, 0.05) is 23.5 Å². The SMILES string of the molecule is CC(C)NS(=O)(=O)c1ccc(NC(C)c2cn[nH]c2)cc1. The average molecular weight is 308 g/mol. The maximum atomic E-state index is 12.0. The van der Waals surface area contributed by atoms with Crippen molar-refractivity contribution in [1.82, 2.24) is 14.9 Å². The van der Waals surface area contributed by atoms with E-state index >= 15 is 0 Å². The van der Waals surface area contributed by atoms with Gasteiger partial charge in [-0.3, -0.25) is 5.10 Å². The van der Waals surface area contributed by atoms with Gasteiger partial charge in [-0.2, -0.15) is 5.10 Å². The van der Waals surface area contributed by atoms with Crippen LogP contribution in [0.15, 0.2) is 41.6 Å². The predicted octanol–water partition coefficient (Wildman–Crippen LogP) is 2.27. The molecule has 0 aliphatic heterocycles. The number of nitrogens with zero attached hydrogens (tertiary/aromatic N) is 1. The Morgan fingerprint density at radius 3 is 2.33 bits per heavy atom. The average Bonchev–Trinajstić information content (AvgIpc) is 2.91. The molecule has 2 rings (SSSR count). The van der Waals surface area contributed by atoms with Gasteiger partial charge in [0.2, 0.25) is 10.0 Å². The number of aromatic amines is 1. The Morgan fingerprint density at radius 2 is 1.81 bits per heavy atom. The van der Waals surface area contributed by atoms with E-state index in [1.54, 1.807) is 44.3 Å². The summed E-state index contributed by atoms with van der Waals surface area (Å²) >= 11 is 0. The van der Waals surface area contributed by atoms with Gasteiger partial charge in [-0.15, -0.1) is 0 Å². The molecule has 1 unspecified atom stereocenters. The van der Waals surface area contributed by atoms with Crippen molar-refractivity contribution in [2.45, 2.75) is 37.8 Å². The molecule has 0 aliphatic carbocycles. The van der Waals surface area contributed by atoms with Crippen molar-refractivity contribution in [3.05, 3.63) is 42.2 Å². The van der Waals surface area contributed by atoms with Crippen molar-refractivity contribution >= 4 is 15.7 Å². The fourth-order valence-corrected chi connectivity index (χ4v) is 3.19. The van der Waals surface area contributed by atoms with E-state index in [4.69, 9.17) is 0 Å². The summed E-state index contributed by atoms with van der Waals surface area (Å²) in [6, 6.07) is 6.65. The highest BCUT2D eigenvalue weighted by molar-refractivity contribution is 7.89. The maximum absolute atomic E-state index is 12.0. The highest BCUT2D eigenvalue weighted by Gasteiger charge is 2.15. The molecule has 1 aromatic carbocycles. The summed E-state index contributed by atoms with van der Waals surface area (Å²) < 4.78 is 26.6. The van der Waals surface area contributed by atoms with Crippen LogP contribution in [-0.2, 0) is 10.0 Å². The number of nitrogens with one attached hydrogen (secondary N) is 3. The molecule has 0 aliphatic rings. The van der Waals surface area contributed by atoms with Crippen LogP contribution < -0.4 is 10.0 Å². The lowest BCUT2D eigenvalue weighted by molar-refractivity contribution is 0.570. The minimum atomic E-state index is -3.44. The molecule has 0 radical (unpaired) electrons. The zero-order chi connectivity index (χ0) is 15.5. The third kappa shape index (κ3) is 4.05. The van der Waals surface area contributed by atoms with Gasteiger partial charge in [-0.1, -0.05) is 0 Å². The molecule has 1 aromatic heterocycles. The highest BCUT2D eigenvalue weighted by Crippen LogP contribution is 2.20. The first kappa shape index (κ1) is 15.5. The van der Waals surface area contributed by atoms with Crippen molar-refractivity contribution in [2.75, 3.05) is 5.32 Å². The second-order valence-corrected chi connectivity index (χ2v) is 6.91. The minimum Gasteiger partial charge on any atom is -0.378 e. The van der Waals surface area contributed by atoms with E-state index in [-0.39, 0.29) is 17.0 Å². The Hall–Kier alpha value is -1.86. The molecule has 2 aromatic rings. The van der Waals surface area contributed by atoms with Crippen LogP contribution in [0, 0.1) is 0 Å². The van der Waals surface area contributed by atoms with Crippen LogP contribution in [0.2, 0.25) is 0 Å². The molecule has 0 saturated heterocycles. The summed E-state index contributed by atoms with van der Waals surface area (Å²) in [4.78, 5) is 0.262. The van der Waals surface area contributed by atoms with Gasteiger partial charge < -0.3 is 5.32 Å². The van der Waals surface area contributed by atoms with Gasteiger partial charge in [-0.05, 0) is 45.0 Å². The van der Waals surface area contributed by atoms with E-state index < -0.39 is 10.0 Å². The molecule has 3 N–H and O–H groups in total. The lowest BCUT2D eigenvalue weighted by atomic mass is 10.2. The zero-order valence-corrected chi connectivity index (χ0v) is 13.1. The van der Waals surface area contributed by atoms with Gasteiger partial charge in [0.1, 0.15) is 0 Å². The van der Waals surface area contributed by atoms with Gasteiger partial charge >= 0.3 is 0 Å². The smallest absolute Gasteiger partial charge is 0.240 e. The van der Waals surface area contributed by atoms with Crippen LogP contribution >= 0.6 is 0 Å². The molecule has 1 atom stereocenters. The highest BCUT2D eigenvalue weighted by atomic mass is 32.2. The maximum Gasteiger partial charge on any atom is 0.240 e. The largest absolute Gasteiger partial charge is 0.378 e. The van der Waals surface area contributed by atoms with Crippen molar-refractivity contribution < 1.29 is 8.42 Å². The quantitative estimate of drug-likeness (QED) is 0.764. The minimum absolute atomic E-state index is 0.0833. The van der Waals surface area contributed by atoms with Gasteiger partial charge in [0.05, 0.1) is 17.1 Å². The first-order valence-electron chi connectivity index (χ1n) is 6.76. The summed E-state index contributed by atoms with van der Waals surface area (Å²) in [7, 11) is -3.44. The molecule has 0 fully saturated rings. The lowest BCUT2D eigenvalue weighted by Gasteiger charge is -2.14. The summed E-state index contributed by atoms with van der Waals surface area (Å²) in [5.74, 6) is 0. The zero-order valence-electron chi connectivity index (χ0n) is 12.3. The van der Waals surface area contributed by atoms with Crippen molar-refractivity contribution in [3.63, 3.8) is 0 Å². The molecule has 0 bridgehead atoms. The Balaban J connectivity index is 2.09. The van der Waals surface area contributed by atoms with E-state index in [0.717, 1.165) is 11.3 Å². The van der Waals surface area contributed by atoms with Crippen LogP contribution in [0.4, 0.5) is 5.69 Å². The van der Waals surface area contributed by atoms with Gasteiger partial charge in [0.15, 0.2) is 0 Å². The number of rotatable bonds is 6. The first-order chi connectivity index (χ1) is 9.88. The Morgan fingerprint density at radius 1 is 1.14 bits per heavy atom. The molecule has 114 valence electrons. The number of aromatic nitrogens is 2. The summed E-state index contributed by atoms with van der Waals surface area (Å²) in [6.45, 7) is 5.59. The van der Waals surface area contributed by atoms with Crippen molar-refractivity contribution in [1.29, 1.82) is 0 Å². The molecule has 21 heavy (non-hydrogen) atoms. The molecule has 6 nitrogen and oxygen atoms in total. The summed E-state index contributed by atoms with van der Waals surface area (Å²) in [5, 5.41) is 9.96. The lowest BCUT2D eigenvalue weighted by Crippen LogP contribution is -2.30. The van der Waals surface area contributed by atoms with E-state index in [1.165, 1.54) is 0 Å². The second kappa shape index (κ2) is 6.28. The fraction of sp³-hybridized carbons (Fsp3) is 0.357. The van der Waals surface area contributed by atoms with Gasteiger partial charge in [0.25, 0.3) is 0 Å². The Labute approximate surface area is 125 Å². The summed E-state index contributed by atoms with van der Waals surface area (Å²) in [6.07, 6.45) is 3.58. The molecule has 0 saturated carbocycles. The second-order valence-electron chi connectivity index (χ2n) is 5.20. The van der Waals surface area contributed by atoms with E-state index in [9.17, 15) is 8.42 Å². The van der Waals surface area contributed by atoms with Crippen LogP contribution in [0.5, 0.6) is 0 Å². The molecule has 1 heterocycles. The van der Waals surface area contributed by atoms with Crippen LogP contribution in [0.1, 0.15) is 32.4 Å². The number of benzene rings is 1. The third-order valence-corrected chi connectivity index (χ3v) is 4.63. The summed E-state index contributed by atoms with van der Waals surface area (Å²) in [5.41, 5.74) is 1.89. The number of H-pyrrole nitrogens is 1. The molecule has 0 amide bonds. The Bertz CT molecular complexity index is 664. The molecular formula is C14H20N4O2S. The molecule has 0 spiro atoms. The van der Waals surface area contributed by atoms with Crippen LogP contribution in [0.25, 0.3) is 0 Å². The number of hydrogen-bond donors (Lipinski definition) is 3. The third-order valence-electron chi connectivity index (χ3n) is 2.96. The van der Waals surface area contributed by atoms with E-state index in [2.05, 4.69) is 20.2 Å². The Kier molecular flexibility index (Phi) is 4.64. The topological polar surface area (TPSA) is 86.9 Å². The predicted molar refractivity (Wildman–Crippen MR) is 82.5 cm³/mol. The molecular weight excluding hydrogens is 288 g/mol. The molecule has 7 heteroatoms. The monoisotopic (exact) mass is 308 g/mol. The van der Waals surface area contributed by atoms with Gasteiger partial charge in [-0.25, -0.2) is 13.1 Å².